The van der Waals surface area contributed by atoms with Crippen LogP contribution in [-0.4, -0.2) is 31.1 Å². The zero-order valence-corrected chi connectivity index (χ0v) is 17.6. The number of amides is 1. The highest BCUT2D eigenvalue weighted by molar-refractivity contribution is 8.26. The molecule has 0 saturated carbocycles. The molecule has 0 unspecified atom stereocenters. The van der Waals surface area contributed by atoms with Gasteiger partial charge in [-0.15, -0.1) is 0 Å². The molecular weight excluding hydrogens is 430 g/mol. The third-order valence-corrected chi connectivity index (χ3v) is 5.86. The van der Waals surface area contributed by atoms with Crippen molar-refractivity contribution in [3.63, 3.8) is 0 Å². The van der Waals surface area contributed by atoms with Crippen molar-refractivity contribution in [1.29, 1.82) is 0 Å². The molecule has 1 aliphatic heterocycles. The standard InChI is InChI=1S/C20H14ClN3O3S2/c1-2-23-19(26)15(29-20(23)28)11-14-17(27-13-8-6-12(21)7-9-13)22-16-5-3-4-10-24(16)18(14)25/h3-11H,2H2,1H3/b15-11-. The number of aromatic nitrogens is 2. The highest BCUT2D eigenvalue weighted by Crippen LogP contribution is 2.33. The van der Waals surface area contributed by atoms with Gasteiger partial charge in [0.05, 0.1) is 4.91 Å². The second-order valence-electron chi connectivity index (χ2n) is 6.05. The molecule has 1 aromatic carbocycles. The van der Waals surface area contributed by atoms with E-state index in [9.17, 15) is 9.59 Å². The summed E-state index contributed by atoms with van der Waals surface area (Å²) in [7, 11) is 0. The summed E-state index contributed by atoms with van der Waals surface area (Å²) in [6, 6.07) is 11.9. The van der Waals surface area contributed by atoms with Crippen LogP contribution >= 0.6 is 35.6 Å². The molecule has 0 radical (unpaired) electrons. The van der Waals surface area contributed by atoms with Crippen molar-refractivity contribution in [3.05, 3.63) is 74.5 Å². The number of thiocarbonyl (C=S) groups is 1. The Morgan fingerprint density at radius 3 is 2.66 bits per heavy atom. The van der Waals surface area contributed by atoms with Gasteiger partial charge in [0.25, 0.3) is 11.5 Å². The van der Waals surface area contributed by atoms with Crippen molar-refractivity contribution < 1.29 is 9.53 Å². The lowest BCUT2D eigenvalue weighted by Crippen LogP contribution is -2.27. The molecule has 4 rings (SSSR count). The SMILES string of the molecule is CCN1C(=O)/C(=C/c2c(Oc3ccc(Cl)cc3)nc3ccccn3c2=O)SC1=S. The molecule has 3 heterocycles. The molecule has 0 aliphatic carbocycles. The van der Waals surface area contributed by atoms with Crippen LogP contribution in [0.5, 0.6) is 11.6 Å². The Balaban J connectivity index is 1.87. The molecule has 0 spiro atoms. The molecule has 1 amide bonds. The summed E-state index contributed by atoms with van der Waals surface area (Å²) in [6.07, 6.45) is 3.11. The van der Waals surface area contributed by atoms with Gasteiger partial charge in [-0.1, -0.05) is 41.6 Å². The highest BCUT2D eigenvalue weighted by Gasteiger charge is 2.31. The molecule has 146 valence electrons. The van der Waals surface area contributed by atoms with Crippen LogP contribution < -0.4 is 10.3 Å². The molecule has 2 aromatic heterocycles. The number of likely N-dealkylation sites (N-methyl/N-ethyl adjacent to an activating group) is 1. The van der Waals surface area contributed by atoms with Crippen LogP contribution in [0.25, 0.3) is 11.7 Å². The molecule has 1 aliphatic rings. The Kier molecular flexibility index (Phi) is 5.40. The molecule has 9 heteroatoms. The topological polar surface area (TPSA) is 63.9 Å². The predicted octanol–water partition coefficient (Wildman–Crippen LogP) is 4.36. The fraction of sp³-hybridized carbons (Fsp3) is 0.100. The minimum Gasteiger partial charge on any atom is -0.438 e. The van der Waals surface area contributed by atoms with Crippen LogP contribution in [0.4, 0.5) is 0 Å². The molecule has 29 heavy (non-hydrogen) atoms. The van der Waals surface area contributed by atoms with E-state index >= 15 is 0 Å². The predicted molar refractivity (Wildman–Crippen MR) is 119 cm³/mol. The summed E-state index contributed by atoms with van der Waals surface area (Å²) in [5.41, 5.74) is 0.251. The van der Waals surface area contributed by atoms with E-state index in [4.69, 9.17) is 28.6 Å². The molecule has 0 bridgehead atoms. The number of thioether (sulfide) groups is 1. The van der Waals surface area contributed by atoms with Crippen LogP contribution in [0.1, 0.15) is 12.5 Å². The number of rotatable bonds is 4. The number of carbonyl (C=O) groups excluding carboxylic acids is 1. The van der Waals surface area contributed by atoms with Gasteiger partial charge in [-0.25, -0.2) is 0 Å². The van der Waals surface area contributed by atoms with E-state index in [-0.39, 0.29) is 22.9 Å². The quantitative estimate of drug-likeness (QED) is 0.441. The second-order valence-corrected chi connectivity index (χ2v) is 8.16. The minimum absolute atomic E-state index is 0.102. The Bertz CT molecular complexity index is 1220. The average Bonchev–Trinajstić information content (AvgIpc) is 2.99. The maximum absolute atomic E-state index is 13.1. The monoisotopic (exact) mass is 443 g/mol. The molecule has 0 N–H and O–H groups in total. The number of hydrogen-bond donors (Lipinski definition) is 0. The van der Waals surface area contributed by atoms with Crippen molar-refractivity contribution in [3.8, 4) is 11.6 Å². The lowest BCUT2D eigenvalue weighted by atomic mass is 10.2. The summed E-state index contributed by atoms with van der Waals surface area (Å²) in [5, 5.41) is 0.562. The molecule has 1 fully saturated rings. The Hall–Kier alpha value is -2.68. The Morgan fingerprint density at radius 2 is 1.97 bits per heavy atom. The molecule has 1 saturated heterocycles. The first-order chi connectivity index (χ1) is 14.0. The normalized spacial score (nSPS) is 15.5. The van der Waals surface area contributed by atoms with E-state index in [1.165, 1.54) is 15.4 Å². The number of pyridine rings is 1. The summed E-state index contributed by atoms with van der Waals surface area (Å²) in [5.74, 6) is 0.333. The van der Waals surface area contributed by atoms with E-state index in [0.717, 1.165) is 11.8 Å². The van der Waals surface area contributed by atoms with Gasteiger partial charge >= 0.3 is 0 Å². The summed E-state index contributed by atoms with van der Waals surface area (Å²) in [6.45, 7) is 2.31. The van der Waals surface area contributed by atoms with Crippen molar-refractivity contribution in [2.45, 2.75) is 6.92 Å². The molecule has 0 atom stereocenters. The summed E-state index contributed by atoms with van der Waals surface area (Å²) >= 11 is 12.3. The van der Waals surface area contributed by atoms with Crippen LogP contribution in [-0.2, 0) is 4.79 Å². The third kappa shape index (κ3) is 3.78. The van der Waals surface area contributed by atoms with Gasteiger partial charge in [0, 0.05) is 17.8 Å². The minimum atomic E-state index is -0.346. The lowest BCUT2D eigenvalue weighted by Gasteiger charge is -2.11. The van der Waals surface area contributed by atoms with E-state index in [2.05, 4.69) is 4.98 Å². The molecule has 6 nitrogen and oxygen atoms in total. The summed E-state index contributed by atoms with van der Waals surface area (Å²) < 4.78 is 7.74. The third-order valence-electron chi connectivity index (χ3n) is 4.23. The number of fused-ring (bicyclic) bond motifs is 1. The molecular formula is C20H14ClN3O3S2. The first-order valence-corrected chi connectivity index (χ1v) is 10.3. The van der Waals surface area contributed by atoms with Gasteiger partial charge in [0.2, 0.25) is 5.88 Å². The van der Waals surface area contributed by atoms with Gasteiger partial charge in [-0.3, -0.25) is 18.9 Å². The lowest BCUT2D eigenvalue weighted by molar-refractivity contribution is -0.121. The van der Waals surface area contributed by atoms with Gasteiger partial charge < -0.3 is 4.74 Å². The fourth-order valence-electron chi connectivity index (χ4n) is 2.80. The van der Waals surface area contributed by atoms with Crippen LogP contribution in [0.2, 0.25) is 5.02 Å². The van der Waals surface area contributed by atoms with Crippen molar-refractivity contribution in [2.75, 3.05) is 6.54 Å². The molecule has 3 aromatic rings. The Morgan fingerprint density at radius 1 is 1.21 bits per heavy atom. The van der Waals surface area contributed by atoms with Crippen LogP contribution in [0, 0.1) is 0 Å². The second kappa shape index (κ2) is 7.98. The maximum Gasteiger partial charge on any atom is 0.269 e. The first-order valence-electron chi connectivity index (χ1n) is 8.68. The van der Waals surface area contributed by atoms with E-state index in [0.29, 0.717) is 32.2 Å². The number of benzene rings is 1. The van der Waals surface area contributed by atoms with E-state index in [1.807, 2.05) is 6.92 Å². The number of hydrogen-bond acceptors (Lipinski definition) is 6. The smallest absolute Gasteiger partial charge is 0.269 e. The maximum atomic E-state index is 13.1. The van der Waals surface area contributed by atoms with Gasteiger partial charge in [0.15, 0.2) is 0 Å². The van der Waals surface area contributed by atoms with E-state index in [1.54, 1.807) is 48.7 Å². The van der Waals surface area contributed by atoms with Crippen LogP contribution in [0.15, 0.2) is 58.4 Å². The Labute approximate surface area is 180 Å². The highest BCUT2D eigenvalue weighted by atomic mass is 35.5. The van der Waals surface area contributed by atoms with Gasteiger partial charge in [-0.05, 0) is 49.4 Å². The van der Waals surface area contributed by atoms with Crippen molar-refractivity contribution >= 4 is 57.5 Å². The number of carbonyl (C=O) groups is 1. The largest absolute Gasteiger partial charge is 0.438 e. The first kappa shape index (κ1) is 19.6. The fourth-order valence-corrected chi connectivity index (χ4v) is 4.29. The average molecular weight is 444 g/mol. The number of ether oxygens (including phenoxy) is 1. The summed E-state index contributed by atoms with van der Waals surface area (Å²) in [4.78, 5) is 32.0. The van der Waals surface area contributed by atoms with Gasteiger partial charge in [-0.2, -0.15) is 4.98 Å². The van der Waals surface area contributed by atoms with Crippen LogP contribution in [0.3, 0.4) is 0 Å². The van der Waals surface area contributed by atoms with Gasteiger partial charge in [0.1, 0.15) is 21.3 Å². The van der Waals surface area contributed by atoms with Crippen molar-refractivity contribution in [1.82, 2.24) is 14.3 Å². The van der Waals surface area contributed by atoms with E-state index < -0.39 is 0 Å². The zero-order valence-electron chi connectivity index (χ0n) is 15.2. The number of nitrogens with zero attached hydrogens (tertiary/aromatic N) is 3. The zero-order chi connectivity index (χ0) is 20.5. The number of halogens is 1. The van der Waals surface area contributed by atoms with Crippen molar-refractivity contribution in [2.24, 2.45) is 0 Å².